The summed E-state index contributed by atoms with van der Waals surface area (Å²) in [4.78, 5) is 4.63. The fourth-order valence-electron chi connectivity index (χ4n) is 3.50. The van der Waals surface area contributed by atoms with Crippen molar-refractivity contribution in [2.75, 3.05) is 6.54 Å². The van der Waals surface area contributed by atoms with E-state index in [4.69, 9.17) is 10.00 Å². The van der Waals surface area contributed by atoms with Gasteiger partial charge in [-0.3, -0.25) is 0 Å². The smallest absolute Gasteiger partial charge is 0.213 e. The minimum Gasteiger partial charge on any atom is -0.473 e. The standard InChI is InChI=1S/C19H18FN3O/c20-16-8-12(10-21)4-5-13(16)11-24-19-3-1-2-17(23-19)14-6-7-22-18-9-15(14)18/h1-5,8,14-15,18,22H,6-7,9,11H2. The molecule has 122 valence electrons. The normalized spacial score (nSPS) is 24.8. The molecule has 0 spiro atoms. The number of halogens is 1. The summed E-state index contributed by atoms with van der Waals surface area (Å²) in [6, 6.07) is 12.8. The average Bonchev–Trinajstić information content (AvgIpc) is 3.40. The maximum Gasteiger partial charge on any atom is 0.213 e. The van der Waals surface area contributed by atoms with Crippen LogP contribution in [-0.2, 0) is 6.61 Å². The van der Waals surface area contributed by atoms with Gasteiger partial charge in [0.25, 0.3) is 0 Å². The lowest BCUT2D eigenvalue weighted by Crippen LogP contribution is -2.28. The molecule has 0 radical (unpaired) electrons. The van der Waals surface area contributed by atoms with Crippen molar-refractivity contribution in [3.63, 3.8) is 0 Å². The van der Waals surface area contributed by atoms with E-state index in [1.54, 1.807) is 18.2 Å². The Labute approximate surface area is 140 Å². The molecule has 5 heteroatoms. The molecule has 4 nitrogen and oxygen atoms in total. The van der Waals surface area contributed by atoms with E-state index in [-0.39, 0.29) is 6.61 Å². The molecule has 2 heterocycles. The van der Waals surface area contributed by atoms with E-state index in [2.05, 4.69) is 16.4 Å². The Balaban J connectivity index is 1.45. The summed E-state index contributed by atoms with van der Waals surface area (Å²) >= 11 is 0. The van der Waals surface area contributed by atoms with Gasteiger partial charge in [0.1, 0.15) is 12.4 Å². The quantitative estimate of drug-likeness (QED) is 0.939. The molecule has 0 bridgehead atoms. The highest BCUT2D eigenvalue weighted by atomic mass is 19.1. The molecule has 3 atom stereocenters. The second-order valence-electron chi connectivity index (χ2n) is 6.46. The van der Waals surface area contributed by atoms with E-state index in [0.717, 1.165) is 18.7 Å². The number of nitrogens with zero attached hydrogens (tertiary/aromatic N) is 2. The van der Waals surface area contributed by atoms with Crippen LogP contribution in [0.25, 0.3) is 0 Å². The number of nitriles is 1. The first kappa shape index (κ1) is 15.1. The van der Waals surface area contributed by atoms with Crippen molar-refractivity contribution in [2.24, 2.45) is 5.92 Å². The predicted octanol–water partition coefficient (Wildman–Crippen LogP) is 3.14. The van der Waals surface area contributed by atoms with Gasteiger partial charge in [-0.15, -0.1) is 0 Å². The minimum atomic E-state index is -0.426. The molecule has 1 aliphatic carbocycles. The molecule has 2 aliphatic rings. The van der Waals surface area contributed by atoms with Crippen molar-refractivity contribution in [3.05, 3.63) is 59.0 Å². The second kappa shape index (κ2) is 6.21. The van der Waals surface area contributed by atoms with Crippen LogP contribution in [0, 0.1) is 23.1 Å². The Morgan fingerprint density at radius 2 is 2.25 bits per heavy atom. The number of nitrogens with one attached hydrogen (secondary N) is 1. The van der Waals surface area contributed by atoms with Gasteiger partial charge in [0.15, 0.2) is 0 Å². The fraction of sp³-hybridized carbons (Fsp3) is 0.368. The molecule has 1 aliphatic heterocycles. The van der Waals surface area contributed by atoms with Crippen molar-refractivity contribution < 1.29 is 9.13 Å². The molecule has 4 rings (SSSR count). The molecule has 1 saturated heterocycles. The first-order chi connectivity index (χ1) is 11.7. The van der Waals surface area contributed by atoms with Crippen molar-refractivity contribution >= 4 is 0 Å². The SMILES string of the molecule is N#Cc1ccc(COc2cccc(C3CCNC4CC43)n2)c(F)c1. The Bertz CT molecular complexity index is 801. The van der Waals surface area contributed by atoms with E-state index in [9.17, 15) is 4.39 Å². The zero-order valence-corrected chi connectivity index (χ0v) is 13.2. The number of hydrogen-bond acceptors (Lipinski definition) is 4. The van der Waals surface area contributed by atoms with E-state index in [1.165, 1.54) is 12.5 Å². The van der Waals surface area contributed by atoms with Gasteiger partial charge in [-0.1, -0.05) is 12.1 Å². The molecular formula is C19H18FN3O. The van der Waals surface area contributed by atoms with Gasteiger partial charge in [-0.05, 0) is 43.5 Å². The van der Waals surface area contributed by atoms with Gasteiger partial charge < -0.3 is 10.1 Å². The van der Waals surface area contributed by atoms with Crippen LogP contribution in [0.2, 0.25) is 0 Å². The van der Waals surface area contributed by atoms with Gasteiger partial charge in [-0.2, -0.15) is 5.26 Å². The van der Waals surface area contributed by atoms with Gasteiger partial charge in [-0.25, -0.2) is 9.37 Å². The Kier molecular flexibility index (Phi) is 3.91. The van der Waals surface area contributed by atoms with Gasteiger partial charge >= 0.3 is 0 Å². The van der Waals surface area contributed by atoms with Crippen LogP contribution in [0.1, 0.15) is 35.6 Å². The summed E-state index contributed by atoms with van der Waals surface area (Å²) in [5.41, 5.74) is 1.80. The summed E-state index contributed by atoms with van der Waals surface area (Å²) in [5.74, 6) is 1.28. The number of hydrogen-bond donors (Lipinski definition) is 1. The number of ether oxygens (including phenoxy) is 1. The number of pyridine rings is 1. The largest absolute Gasteiger partial charge is 0.473 e. The van der Waals surface area contributed by atoms with Crippen molar-refractivity contribution in [2.45, 2.75) is 31.4 Å². The topological polar surface area (TPSA) is 57.9 Å². The summed E-state index contributed by atoms with van der Waals surface area (Å²) in [6.07, 6.45) is 2.33. The fourth-order valence-corrected chi connectivity index (χ4v) is 3.50. The number of aromatic nitrogens is 1. The van der Waals surface area contributed by atoms with E-state index in [0.29, 0.717) is 34.9 Å². The third-order valence-electron chi connectivity index (χ3n) is 4.90. The number of benzene rings is 1. The summed E-state index contributed by atoms with van der Waals surface area (Å²) in [6.45, 7) is 1.14. The Morgan fingerprint density at radius 3 is 3.08 bits per heavy atom. The predicted molar refractivity (Wildman–Crippen MR) is 86.9 cm³/mol. The highest BCUT2D eigenvalue weighted by Gasteiger charge is 2.46. The van der Waals surface area contributed by atoms with Crippen LogP contribution < -0.4 is 10.1 Å². The van der Waals surface area contributed by atoms with Gasteiger partial charge in [0, 0.05) is 29.3 Å². The number of fused-ring (bicyclic) bond motifs is 1. The van der Waals surface area contributed by atoms with Crippen LogP contribution in [0.5, 0.6) is 5.88 Å². The van der Waals surface area contributed by atoms with Crippen LogP contribution in [0.4, 0.5) is 4.39 Å². The maximum atomic E-state index is 13.9. The molecule has 1 aromatic heterocycles. The molecule has 1 N–H and O–H groups in total. The van der Waals surface area contributed by atoms with Crippen molar-refractivity contribution in [3.8, 4) is 11.9 Å². The third-order valence-corrected chi connectivity index (χ3v) is 4.90. The average molecular weight is 323 g/mol. The minimum absolute atomic E-state index is 0.103. The molecule has 2 fully saturated rings. The lowest BCUT2D eigenvalue weighted by atomic mass is 9.93. The highest BCUT2D eigenvalue weighted by molar-refractivity contribution is 5.33. The Morgan fingerprint density at radius 1 is 1.33 bits per heavy atom. The van der Waals surface area contributed by atoms with Crippen LogP contribution >= 0.6 is 0 Å². The van der Waals surface area contributed by atoms with Crippen LogP contribution in [0.15, 0.2) is 36.4 Å². The first-order valence-corrected chi connectivity index (χ1v) is 8.26. The molecule has 1 aromatic carbocycles. The second-order valence-corrected chi connectivity index (χ2v) is 6.46. The summed E-state index contributed by atoms with van der Waals surface area (Å²) in [7, 11) is 0. The lowest BCUT2D eigenvalue weighted by molar-refractivity contribution is 0.285. The van der Waals surface area contributed by atoms with Crippen molar-refractivity contribution in [1.82, 2.24) is 10.3 Å². The number of piperidine rings is 1. The highest BCUT2D eigenvalue weighted by Crippen LogP contribution is 2.46. The van der Waals surface area contributed by atoms with Gasteiger partial charge in [0.05, 0.1) is 11.6 Å². The first-order valence-electron chi connectivity index (χ1n) is 8.26. The van der Waals surface area contributed by atoms with Crippen LogP contribution in [0.3, 0.4) is 0 Å². The third kappa shape index (κ3) is 2.98. The maximum absolute atomic E-state index is 13.9. The van der Waals surface area contributed by atoms with Crippen LogP contribution in [-0.4, -0.2) is 17.6 Å². The van der Waals surface area contributed by atoms with E-state index < -0.39 is 5.82 Å². The molecular weight excluding hydrogens is 305 g/mol. The van der Waals surface area contributed by atoms with E-state index >= 15 is 0 Å². The van der Waals surface area contributed by atoms with Gasteiger partial charge in [0.2, 0.25) is 5.88 Å². The molecule has 3 unspecified atom stereocenters. The van der Waals surface area contributed by atoms with E-state index in [1.807, 2.05) is 12.1 Å². The summed E-state index contributed by atoms with van der Waals surface area (Å²) < 4.78 is 19.6. The lowest BCUT2D eigenvalue weighted by Gasteiger charge is -2.22. The molecule has 2 aromatic rings. The molecule has 1 saturated carbocycles. The zero-order valence-electron chi connectivity index (χ0n) is 13.2. The number of rotatable bonds is 4. The molecule has 24 heavy (non-hydrogen) atoms. The molecule has 0 amide bonds. The summed E-state index contributed by atoms with van der Waals surface area (Å²) in [5, 5.41) is 12.3. The zero-order chi connectivity index (χ0) is 16.5. The van der Waals surface area contributed by atoms with Crippen molar-refractivity contribution in [1.29, 1.82) is 5.26 Å². The Hall–Kier alpha value is -2.45. The monoisotopic (exact) mass is 323 g/mol.